The predicted molar refractivity (Wildman–Crippen MR) is 112 cm³/mol. The lowest BCUT2D eigenvalue weighted by Crippen LogP contribution is -2.26. The molecule has 0 aliphatic rings. The van der Waals surface area contributed by atoms with Crippen molar-refractivity contribution in [3.63, 3.8) is 0 Å². The second-order valence-corrected chi connectivity index (χ2v) is 6.94. The molecule has 0 fully saturated rings. The fourth-order valence-electron chi connectivity index (χ4n) is 2.85. The van der Waals surface area contributed by atoms with Crippen molar-refractivity contribution in [2.24, 2.45) is 0 Å². The Morgan fingerprint density at radius 2 is 1.72 bits per heavy atom. The number of aromatic nitrogens is 1. The number of para-hydroxylation sites is 1. The number of rotatable bonds is 8. The van der Waals surface area contributed by atoms with Gasteiger partial charge in [-0.2, -0.15) is 0 Å². The van der Waals surface area contributed by atoms with E-state index in [-0.39, 0.29) is 11.6 Å². The zero-order chi connectivity index (χ0) is 20.8. The Labute approximate surface area is 177 Å². The minimum absolute atomic E-state index is 0.206. The third-order valence-corrected chi connectivity index (χ3v) is 5.09. The van der Waals surface area contributed by atoms with Crippen LogP contribution in [0.1, 0.15) is 16.1 Å². The van der Waals surface area contributed by atoms with Crippen LogP contribution in [0.15, 0.2) is 51.5 Å². The largest absolute Gasteiger partial charge is 0.496 e. The third-order valence-electron chi connectivity index (χ3n) is 4.35. The van der Waals surface area contributed by atoms with Crippen molar-refractivity contribution >= 4 is 21.8 Å². The number of nitrogens with zero attached hydrogens (tertiary/aromatic N) is 1. The third kappa shape index (κ3) is 4.71. The first-order valence-corrected chi connectivity index (χ1v) is 9.65. The van der Waals surface area contributed by atoms with Crippen LogP contribution >= 0.6 is 15.9 Å². The standard InChI is InChI=1S/C21H21BrN2O5/c1-26-17-7-5-4-6-14(17)18-12-16(24-29-18)21(25)23-9-8-13-10-19(27-2)20(28-3)11-15(13)22/h4-7,10-12H,8-9H2,1-3H3,(H,23,25). The molecule has 0 atom stereocenters. The molecule has 2 aromatic carbocycles. The molecule has 0 aliphatic heterocycles. The summed E-state index contributed by atoms with van der Waals surface area (Å²) in [4.78, 5) is 12.4. The molecular formula is C21H21BrN2O5. The van der Waals surface area contributed by atoms with E-state index in [4.69, 9.17) is 18.7 Å². The van der Waals surface area contributed by atoms with Crippen molar-refractivity contribution in [3.05, 3.63) is 58.2 Å². The van der Waals surface area contributed by atoms with Gasteiger partial charge >= 0.3 is 0 Å². The monoisotopic (exact) mass is 460 g/mol. The number of methoxy groups -OCH3 is 3. The van der Waals surface area contributed by atoms with E-state index in [0.29, 0.717) is 36.0 Å². The number of carbonyl (C=O) groups excluding carboxylic acids is 1. The first-order valence-electron chi connectivity index (χ1n) is 8.86. The van der Waals surface area contributed by atoms with Crippen LogP contribution in [-0.2, 0) is 6.42 Å². The van der Waals surface area contributed by atoms with Gasteiger partial charge in [-0.1, -0.05) is 33.2 Å². The number of benzene rings is 2. The molecule has 0 radical (unpaired) electrons. The van der Waals surface area contributed by atoms with Crippen LogP contribution in [0.5, 0.6) is 17.2 Å². The van der Waals surface area contributed by atoms with E-state index in [2.05, 4.69) is 26.4 Å². The van der Waals surface area contributed by atoms with Gasteiger partial charge in [0.15, 0.2) is 23.0 Å². The van der Waals surface area contributed by atoms with Crippen LogP contribution in [0.25, 0.3) is 11.3 Å². The van der Waals surface area contributed by atoms with Crippen molar-refractivity contribution in [2.75, 3.05) is 27.9 Å². The van der Waals surface area contributed by atoms with Gasteiger partial charge < -0.3 is 24.1 Å². The Hall–Kier alpha value is -3.00. The molecule has 0 bridgehead atoms. The zero-order valence-electron chi connectivity index (χ0n) is 16.3. The van der Waals surface area contributed by atoms with Gasteiger partial charge in [0, 0.05) is 17.1 Å². The molecule has 152 valence electrons. The van der Waals surface area contributed by atoms with Gasteiger partial charge in [-0.05, 0) is 36.2 Å². The molecule has 1 aromatic heterocycles. The summed E-state index contributed by atoms with van der Waals surface area (Å²) in [6.07, 6.45) is 0.601. The summed E-state index contributed by atoms with van der Waals surface area (Å²) in [5, 5.41) is 6.72. The first kappa shape index (κ1) is 20.7. The lowest BCUT2D eigenvalue weighted by Gasteiger charge is -2.12. The van der Waals surface area contributed by atoms with E-state index in [1.807, 2.05) is 36.4 Å². The Morgan fingerprint density at radius 1 is 1.03 bits per heavy atom. The van der Waals surface area contributed by atoms with Crippen LogP contribution < -0.4 is 19.5 Å². The number of halogens is 1. The summed E-state index contributed by atoms with van der Waals surface area (Å²) < 4.78 is 22.1. The lowest BCUT2D eigenvalue weighted by molar-refractivity contribution is 0.0945. The van der Waals surface area contributed by atoms with Crippen LogP contribution in [0.4, 0.5) is 0 Å². The van der Waals surface area contributed by atoms with Crippen LogP contribution in [-0.4, -0.2) is 38.9 Å². The zero-order valence-corrected chi connectivity index (χ0v) is 17.9. The normalized spacial score (nSPS) is 10.5. The van der Waals surface area contributed by atoms with E-state index in [0.717, 1.165) is 15.6 Å². The number of hydrogen-bond donors (Lipinski definition) is 1. The maximum absolute atomic E-state index is 12.4. The maximum atomic E-state index is 12.4. The van der Waals surface area contributed by atoms with Gasteiger partial charge in [-0.15, -0.1) is 0 Å². The number of amides is 1. The number of hydrogen-bond acceptors (Lipinski definition) is 6. The second-order valence-electron chi connectivity index (χ2n) is 6.08. The first-order chi connectivity index (χ1) is 14.1. The second kappa shape index (κ2) is 9.47. The molecule has 0 spiro atoms. The van der Waals surface area contributed by atoms with Gasteiger partial charge in [-0.3, -0.25) is 4.79 Å². The van der Waals surface area contributed by atoms with Gasteiger partial charge in [0.25, 0.3) is 5.91 Å². The van der Waals surface area contributed by atoms with Gasteiger partial charge in [-0.25, -0.2) is 0 Å². The molecule has 3 aromatic rings. The topological polar surface area (TPSA) is 82.8 Å². The lowest BCUT2D eigenvalue weighted by atomic mass is 10.1. The number of ether oxygens (including phenoxy) is 3. The highest BCUT2D eigenvalue weighted by Gasteiger charge is 2.16. The summed E-state index contributed by atoms with van der Waals surface area (Å²) in [6, 6.07) is 12.7. The smallest absolute Gasteiger partial charge is 0.273 e. The van der Waals surface area contributed by atoms with E-state index in [1.165, 1.54) is 0 Å². The SMILES string of the molecule is COc1cc(Br)c(CCNC(=O)c2cc(-c3ccccc3OC)on2)cc1OC. The molecule has 0 aliphatic carbocycles. The van der Waals surface area contributed by atoms with Crippen LogP contribution in [0.3, 0.4) is 0 Å². The molecule has 8 heteroatoms. The quantitative estimate of drug-likeness (QED) is 0.544. The molecule has 29 heavy (non-hydrogen) atoms. The van der Waals surface area contributed by atoms with Crippen molar-refractivity contribution in [3.8, 4) is 28.6 Å². The highest BCUT2D eigenvalue weighted by atomic mass is 79.9. The highest BCUT2D eigenvalue weighted by Crippen LogP contribution is 2.33. The van der Waals surface area contributed by atoms with Crippen molar-refractivity contribution in [1.29, 1.82) is 0 Å². The Bertz CT molecular complexity index is 1000. The summed E-state index contributed by atoms with van der Waals surface area (Å²) in [5.41, 5.74) is 1.92. The Morgan fingerprint density at radius 3 is 2.45 bits per heavy atom. The summed E-state index contributed by atoms with van der Waals surface area (Å²) in [6.45, 7) is 0.420. The Kier molecular flexibility index (Phi) is 6.77. The summed E-state index contributed by atoms with van der Waals surface area (Å²) >= 11 is 3.52. The van der Waals surface area contributed by atoms with E-state index in [9.17, 15) is 4.79 Å². The Balaban J connectivity index is 1.64. The van der Waals surface area contributed by atoms with Gasteiger partial charge in [0.1, 0.15) is 5.75 Å². The highest BCUT2D eigenvalue weighted by molar-refractivity contribution is 9.10. The fourth-order valence-corrected chi connectivity index (χ4v) is 3.37. The van der Waals surface area contributed by atoms with Crippen molar-refractivity contribution < 1.29 is 23.5 Å². The minimum atomic E-state index is -0.313. The van der Waals surface area contributed by atoms with Crippen molar-refractivity contribution in [1.82, 2.24) is 10.5 Å². The van der Waals surface area contributed by atoms with Crippen molar-refractivity contribution in [2.45, 2.75) is 6.42 Å². The molecule has 1 amide bonds. The fraction of sp³-hybridized carbons (Fsp3) is 0.238. The average molecular weight is 461 g/mol. The van der Waals surface area contributed by atoms with E-state index < -0.39 is 0 Å². The van der Waals surface area contributed by atoms with Gasteiger partial charge in [0.2, 0.25) is 0 Å². The maximum Gasteiger partial charge on any atom is 0.273 e. The summed E-state index contributed by atoms with van der Waals surface area (Å²) in [5.74, 6) is 2.07. The molecule has 7 nitrogen and oxygen atoms in total. The molecule has 3 rings (SSSR count). The molecular weight excluding hydrogens is 440 g/mol. The predicted octanol–water partition coefficient (Wildman–Crippen LogP) is 4.10. The number of carbonyl (C=O) groups is 1. The number of nitrogens with one attached hydrogen (secondary N) is 1. The molecule has 0 saturated heterocycles. The van der Waals surface area contributed by atoms with Gasteiger partial charge in [0.05, 0.1) is 26.9 Å². The average Bonchev–Trinajstić information content (AvgIpc) is 3.24. The minimum Gasteiger partial charge on any atom is -0.496 e. The van der Waals surface area contributed by atoms with Crippen LogP contribution in [0.2, 0.25) is 0 Å². The summed E-state index contributed by atoms with van der Waals surface area (Å²) in [7, 11) is 4.75. The van der Waals surface area contributed by atoms with Crippen LogP contribution in [0, 0.1) is 0 Å². The molecule has 1 N–H and O–H groups in total. The molecule has 1 heterocycles. The molecule has 0 unspecified atom stereocenters. The van der Waals surface area contributed by atoms with E-state index in [1.54, 1.807) is 27.4 Å². The van der Waals surface area contributed by atoms with E-state index >= 15 is 0 Å². The molecule has 0 saturated carbocycles.